The Labute approximate surface area is 136 Å². The van der Waals surface area contributed by atoms with Crippen molar-refractivity contribution in [1.29, 1.82) is 0 Å². The fourth-order valence-corrected chi connectivity index (χ4v) is 3.41. The molecule has 1 aromatic rings. The molecular formula is C19H25FO3. The number of aromatic carboxylic acids is 1. The van der Waals surface area contributed by atoms with Crippen molar-refractivity contribution in [3.8, 4) is 5.75 Å². The van der Waals surface area contributed by atoms with Gasteiger partial charge >= 0.3 is 5.97 Å². The van der Waals surface area contributed by atoms with E-state index in [0.717, 1.165) is 31.2 Å². The molecule has 0 amide bonds. The van der Waals surface area contributed by atoms with Crippen molar-refractivity contribution < 1.29 is 19.0 Å². The molecule has 4 heteroatoms. The second kappa shape index (κ2) is 6.14. The lowest BCUT2D eigenvalue weighted by atomic mass is 9.73. The van der Waals surface area contributed by atoms with Crippen molar-refractivity contribution in [3.63, 3.8) is 0 Å². The van der Waals surface area contributed by atoms with E-state index in [-0.39, 0.29) is 5.56 Å². The van der Waals surface area contributed by atoms with Gasteiger partial charge in [0.25, 0.3) is 0 Å². The highest BCUT2D eigenvalue weighted by Crippen LogP contribution is 2.45. The van der Waals surface area contributed by atoms with Crippen molar-refractivity contribution in [2.45, 2.75) is 58.3 Å². The predicted molar refractivity (Wildman–Crippen MR) is 86.6 cm³/mol. The molecule has 126 valence electrons. The van der Waals surface area contributed by atoms with Crippen molar-refractivity contribution in [2.24, 2.45) is 11.3 Å². The van der Waals surface area contributed by atoms with Crippen LogP contribution in [-0.4, -0.2) is 17.7 Å². The van der Waals surface area contributed by atoms with E-state index in [1.165, 1.54) is 25.0 Å². The molecule has 0 spiro atoms. The molecule has 0 aromatic heterocycles. The van der Waals surface area contributed by atoms with Crippen LogP contribution >= 0.6 is 0 Å². The standard InChI is InChI=1S/C19H25FO3/c1-19(2)7-5-12(6-8-19)11-23-17-10-16(20)15(18(21)22)9-14(17)13-3-4-13/h9-10,12-13H,3-8,11H2,1-2H3,(H,21,22). The molecule has 2 aliphatic carbocycles. The highest BCUT2D eigenvalue weighted by Gasteiger charge is 2.31. The van der Waals surface area contributed by atoms with Crippen LogP contribution in [0.1, 0.15) is 74.2 Å². The van der Waals surface area contributed by atoms with Gasteiger partial charge in [-0.3, -0.25) is 0 Å². The van der Waals surface area contributed by atoms with Crippen LogP contribution in [0.3, 0.4) is 0 Å². The molecule has 0 radical (unpaired) electrons. The minimum Gasteiger partial charge on any atom is -0.493 e. The molecule has 1 N–H and O–H groups in total. The average molecular weight is 320 g/mol. The van der Waals surface area contributed by atoms with Gasteiger partial charge in [0.2, 0.25) is 0 Å². The molecule has 0 saturated heterocycles. The molecule has 0 unspecified atom stereocenters. The lowest BCUT2D eigenvalue weighted by molar-refractivity contribution is 0.0691. The van der Waals surface area contributed by atoms with E-state index in [4.69, 9.17) is 9.84 Å². The molecule has 2 aliphatic rings. The van der Waals surface area contributed by atoms with Gasteiger partial charge in [-0.15, -0.1) is 0 Å². The second-order valence-corrected chi connectivity index (χ2v) is 7.87. The monoisotopic (exact) mass is 320 g/mol. The molecule has 2 fully saturated rings. The number of ether oxygens (including phenoxy) is 1. The normalized spacial score (nSPS) is 21.2. The first kappa shape index (κ1) is 16.3. The van der Waals surface area contributed by atoms with Crippen LogP contribution in [0.2, 0.25) is 0 Å². The van der Waals surface area contributed by atoms with Crippen LogP contribution in [0, 0.1) is 17.2 Å². The van der Waals surface area contributed by atoms with Gasteiger partial charge in [0.05, 0.1) is 12.2 Å². The molecule has 2 saturated carbocycles. The smallest absolute Gasteiger partial charge is 0.338 e. The zero-order chi connectivity index (χ0) is 16.6. The third kappa shape index (κ3) is 3.85. The fraction of sp³-hybridized carbons (Fsp3) is 0.632. The summed E-state index contributed by atoms with van der Waals surface area (Å²) in [5, 5.41) is 9.09. The summed E-state index contributed by atoms with van der Waals surface area (Å²) in [4.78, 5) is 11.1. The van der Waals surface area contributed by atoms with E-state index in [2.05, 4.69) is 13.8 Å². The highest BCUT2D eigenvalue weighted by atomic mass is 19.1. The Balaban J connectivity index is 1.70. The van der Waals surface area contributed by atoms with Crippen molar-refractivity contribution in [1.82, 2.24) is 0 Å². The molecule has 3 rings (SSSR count). The summed E-state index contributed by atoms with van der Waals surface area (Å²) in [6, 6.07) is 2.73. The zero-order valence-corrected chi connectivity index (χ0v) is 13.9. The van der Waals surface area contributed by atoms with Crippen LogP contribution in [-0.2, 0) is 0 Å². The van der Waals surface area contributed by atoms with Crippen LogP contribution in [0.4, 0.5) is 4.39 Å². The fourth-order valence-electron chi connectivity index (χ4n) is 3.41. The number of benzene rings is 1. The first-order chi connectivity index (χ1) is 10.9. The molecule has 0 bridgehead atoms. The minimum atomic E-state index is -1.22. The Morgan fingerprint density at radius 1 is 1.26 bits per heavy atom. The Hall–Kier alpha value is -1.58. The van der Waals surface area contributed by atoms with Gasteiger partial charge < -0.3 is 9.84 Å². The van der Waals surface area contributed by atoms with Crippen LogP contribution < -0.4 is 4.74 Å². The molecule has 0 atom stereocenters. The number of carboxylic acids is 1. The maximum absolute atomic E-state index is 14.0. The van der Waals surface area contributed by atoms with Crippen molar-refractivity contribution >= 4 is 5.97 Å². The maximum Gasteiger partial charge on any atom is 0.338 e. The van der Waals surface area contributed by atoms with E-state index < -0.39 is 11.8 Å². The number of carboxylic acid groups (broad SMARTS) is 1. The summed E-state index contributed by atoms with van der Waals surface area (Å²) in [6.07, 6.45) is 6.73. The molecule has 23 heavy (non-hydrogen) atoms. The maximum atomic E-state index is 14.0. The topological polar surface area (TPSA) is 46.5 Å². The average Bonchev–Trinajstić information content (AvgIpc) is 3.30. The number of halogens is 1. The summed E-state index contributed by atoms with van der Waals surface area (Å²) < 4.78 is 19.9. The van der Waals surface area contributed by atoms with Crippen molar-refractivity contribution in [2.75, 3.05) is 6.61 Å². The lowest BCUT2D eigenvalue weighted by Crippen LogP contribution is -2.25. The van der Waals surface area contributed by atoms with Gasteiger partial charge in [0.1, 0.15) is 11.6 Å². The van der Waals surface area contributed by atoms with Gasteiger partial charge in [-0.05, 0) is 67.4 Å². The van der Waals surface area contributed by atoms with E-state index in [1.54, 1.807) is 0 Å². The summed E-state index contributed by atoms with van der Waals surface area (Å²) in [6.45, 7) is 5.20. The van der Waals surface area contributed by atoms with Crippen LogP contribution in [0.15, 0.2) is 12.1 Å². The Morgan fingerprint density at radius 3 is 2.48 bits per heavy atom. The largest absolute Gasteiger partial charge is 0.493 e. The first-order valence-corrected chi connectivity index (χ1v) is 8.55. The van der Waals surface area contributed by atoms with E-state index in [9.17, 15) is 9.18 Å². The van der Waals surface area contributed by atoms with E-state index in [1.807, 2.05) is 0 Å². The number of hydrogen-bond acceptors (Lipinski definition) is 2. The van der Waals surface area contributed by atoms with Crippen LogP contribution in [0.5, 0.6) is 5.75 Å². The molecule has 1 aromatic carbocycles. The predicted octanol–water partition coefficient (Wildman–Crippen LogP) is 5.00. The van der Waals surface area contributed by atoms with Gasteiger partial charge in [0.15, 0.2) is 0 Å². The quantitative estimate of drug-likeness (QED) is 0.830. The SMILES string of the molecule is CC1(C)CCC(COc2cc(F)c(C(=O)O)cc2C2CC2)CC1. The van der Waals surface area contributed by atoms with Gasteiger partial charge in [-0.25, -0.2) is 9.18 Å². The summed E-state index contributed by atoms with van der Waals surface area (Å²) >= 11 is 0. The molecular weight excluding hydrogens is 295 g/mol. The third-order valence-electron chi connectivity index (χ3n) is 5.28. The summed E-state index contributed by atoms with van der Waals surface area (Å²) in [5.74, 6) is -0.543. The van der Waals surface area contributed by atoms with Gasteiger partial charge in [0, 0.05) is 6.07 Å². The Kier molecular flexibility index (Phi) is 4.35. The number of carbonyl (C=O) groups is 1. The Bertz CT molecular complexity index is 595. The number of hydrogen-bond donors (Lipinski definition) is 1. The summed E-state index contributed by atoms with van der Waals surface area (Å²) in [7, 11) is 0. The lowest BCUT2D eigenvalue weighted by Gasteiger charge is -2.34. The second-order valence-electron chi connectivity index (χ2n) is 7.87. The Morgan fingerprint density at radius 2 is 1.91 bits per heavy atom. The van der Waals surface area contributed by atoms with Crippen LogP contribution in [0.25, 0.3) is 0 Å². The number of rotatable bonds is 5. The first-order valence-electron chi connectivity index (χ1n) is 8.55. The van der Waals surface area contributed by atoms with Crippen molar-refractivity contribution in [3.05, 3.63) is 29.1 Å². The molecule has 3 nitrogen and oxygen atoms in total. The zero-order valence-electron chi connectivity index (χ0n) is 13.9. The van der Waals surface area contributed by atoms with E-state index >= 15 is 0 Å². The molecule has 0 heterocycles. The van der Waals surface area contributed by atoms with Gasteiger partial charge in [-0.2, -0.15) is 0 Å². The molecule has 0 aliphatic heterocycles. The minimum absolute atomic E-state index is 0.251. The van der Waals surface area contributed by atoms with E-state index in [0.29, 0.717) is 29.6 Å². The summed E-state index contributed by atoms with van der Waals surface area (Å²) in [5.41, 5.74) is 1.03. The van der Waals surface area contributed by atoms with Gasteiger partial charge in [-0.1, -0.05) is 13.8 Å². The highest BCUT2D eigenvalue weighted by molar-refractivity contribution is 5.88. The third-order valence-corrected chi connectivity index (χ3v) is 5.28.